The second-order valence-corrected chi connectivity index (χ2v) is 5.34. The van der Waals surface area contributed by atoms with Crippen molar-refractivity contribution in [2.24, 2.45) is 23.7 Å². The second-order valence-electron chi connectivity index (χ2n) is 5.34. The summed E-state index contributed by atoms with van der Waals surface area (Å²) >= 11 is 0. The molecule has 1 heteroatoms. The first kappa shape index (κ1) is 10.1. The van der Waals surface area contributed by atoms with E-state index in [-0.39, 0.29) is 6.10 Å². The van der Waals surface area contributed by atoms with E-state index in [0.717, 1.165) is 0 Å². The highest BCUT2D eigenvalue weighted by Gasteiger charge is 2.47. The summed E-state index contributed by atoms with van der Waals surface area (Å²) in [5.41, 5.74) is 2.56. The SMILES string of the molecule is CC1=CC2C(O)C3C=C(C)C=CC3C2C=C1. The van der Waals surface area contributed by atoms with Crippen LogP contribution >= 0.6 is 0 Å². The molecule has 4 atom stereocenters. The maximum atomic E-state index is 10.4. The number of aliphatic hydroxyl groups excluding tert-OH is 1. The zero-order chi connectivity index (χ0) is 11.3. The normalized spacial score (nSPS) is 44.8. The maximum absolute atomic E-state index is 10.4. The molecule has 0 amide bonds. The monoisotopic (exact) mass is 214 g/mol. The van der Waals surface area contributed by atoms with Crippen LogP contribution in [0.25, 0.3) is 0 Å². The van der Waals surface area contributed by atoms with Crippen LogP contribution in [-0.2, 0) is 0 Å². The number of aliphatic hydroxyl groups is 1. The van der Waals surface area contributed by atoms with Gasteiger partial charge in [-0.2, -0.15) is 0 Å². The highest BCUT2D eigenvalue weighted by Crippen LogP contribution is 2.48. The molecule has 0 radical (unpaired) electrons. The summed E-state index contributed by atoms with van der Waals surface area (Å²) in [6, 6.07) is 0. The summed E-state index contributed by atoms with van der Waals surface area (Å²) in [6.07, 6.45) is 13.2. The molecule has 1 nitrogen and oxygen atoms in total. The van der Waals surface area contributed by atoms with Crippen LogP contribution in [0.5, 0.6) is 0 Å². The molecule has 0 spiro atoms. The van der Waals surface area contributed by atoms with Crippen molar-refractivity contribution in [3.63, 3.8) is 0 Å². The van der Waals surface area contributed by atoms with Gasteiger partial charge in [0.15, 0.2) is 0 Å². The van der Waals surface area contributed by atoms with Crippen LogP contribution < -0.4 is 0 Å². The lowest BCUT2D eigenvalue weighted by molar-refractivity contribution is 0.118. The van der Waals surface area contributed by atoms with E-state index in [0.29, 0.717) is 23.7 Å². The molecular weight excluding hydrogens is 196 g/mol. The predicted molar refractivity (Wildman–Crippen MR) is 65.8 cm³/mol. The molecule has 1 fully saturated rings. The van der Waals surface area contributed by atoms with Crippen molar-refractivity contribution in [1.82, 2.24) is 0 Å². The molecule has 84 valence electrons. The van der Waals surface area contributed by atoms with Gasteiger partial charge in [-0.05, 0) is 25.7 Å². The fourth-order valence-electron chi connectivity index (χ4n) is 3.40. The zero-order valence-corrected chi connectivity index (χ0v) is 9.80. The smallest absolute Gasteiger partial charge is 0.0677 e. The van der Waals surface area contributed by atoms with E-state index >= 15 is 0 Å². The molecule has 3 aliphatic carbocycles. The van der Waals surface area contributed by atoms with Gasteiger partial charge in [0.2, 0.25) is 0 Å². The lowest BCUT2D eigenvalue weighted by atomic mass is 9.81. The molecule has 0 aliphatic heterocycles. The summed E-state index contributed by atoms with van der Waals surface area (Å²) in [7, 11) is 0. The Morgan fingerprint density at radius 3 is 1.69 bits per heavy atom. The highest BCUT2D eigenvalue weighted by molar-refractivity contribution is 5.34. The number of fused-ring (bicyclic) bond motifs is 3. The van der Waals surface area contributed by atoms with E-state index in [1.54, 1.807) is 0 Å². The fraction of sp³-hybridized carbons (Fsp3) is 0.467. The van der Waals surface area contributed by atoms with Gasteiger partial charge in [-0.1, -0.05) is 47.6 Å². The molecule has 4 unspecified atom stereocenters. The fourth-order valence-corrected chi connectivity index (χ4v) is 3.40. The summed E-state index contributed by atoms with van der Waals surface area (Å²) in [5, 5.41) is 10.4. The van der Waals surface area contributed by atoms with Crippen LogP contribution in [0.15, 0.2) is 47.6 Å². The molecule has 0 aromatic rings. The van der Waals surface area contributed by atoms with E-state index in [1.807, 2.05) is 0 Å². The number of hydrogen-bond acceptors (Lipinski definition) is 1. The van der Waals surface area contributed by atoms with Gasteiger partial charge < -0.3 is 5.11 Å². The first-order chi connectivity index (χ1) is 7.66. The third-order valence-electron chi connectivity index (χ3n) is 4.20. The van der Waals surface area contributed by atoms with Crippen LogP contribution in [0.1, 0.15) is 13.8 Å². The number of hydrogen-bond donors (Lipinski definition) is 1. The summed E-state index contributed by atoms with van der Waals surface area (Å²) in [6.45, 7) is 4.22. The largest absolute Gasteiger partial charge is 0.392 e. The Morgan fingerprint density at radius 2 is 1.25 bits per heavy atom. The van der Waals surface area contributed by atoms with Crippen molar-refractivity contribution in [3.8, 4) is 0 Å². The van der Waals surface area contributed by atoms with Crippen molar-refractivity contribution in [2.45, 2.75) is 20.0 Å². The molecule has 1 N–H and O–H groups in total. The van der Waals surface area contributed by atoms with Crippen LogP contribution in [0.2, 0.25) is 0 Å². The molecule has 3 aliphatic rings. The van der Waals surface area contributed by atoms with E-state index in [2.05, 4.69) is 50.3 Å². The van der Waals surface area contributed by atoms with Gasteiger partial charge in [0.1, 0.15) is 0 Å². The van der Waals surface area contributed by atoms with Gasteiger partial charge in [0.25, 0.3) is 0 Å². The standard InChI is InChI=1S/C15H18O/c1-9-3-5-11-12-6-4-10(2)8-14(12)15(16)13(11)7-9/h3-8,11-16H,1-2H3. The summed E-state index contributed by atoms with van der Waals surface area (Å²) in [5.74, 6) is 1.60. The molecule has 1 saturated carbocycles. The van der Waals surface area contributed by atoms with E-state index in [4.69, 9.17) is 0 Å². The minimum Gasteiger partial charge on any atom is -0.392 e. The van der Waals surface area contributed by atoms with E-state index in [9.17, 15) is 5.11 Å². The third-order valence-corrected chi connectivity index (χ3v) is 4.20. The highest BCUT2D eigenvalue weighted by atomic mass is 16.3. The molecule has 0 aromatic heterocycles. The van der Waals surface area contributed by atoms with Gasteiger partial charge >= 0.3 is 0 Å². The average Bonchev–Trinajstić information content (AvgIpc) is 2.53. The Kier molecular flexibility index (Phi) is 2.18. The van der Waals surface area contributed by atoms with Gasteiger partial charge in [-0.25, -0.2) is 0 Å². The first-order valence-electron chi connectivity index (χ1n) is 6.08. The quantitative estimate of drug-likeness (QED) is 0.657. The van der Waals surface area contributed by atoms with Crippen LogP contribution in [0, 0.1) is 23.7 Å². The van der Waals surface area contributed by atoms with E-state index < -0.39 is 0 Å². The Bertz CT molecular complexity index is 381. The summed E-state index contributed by atoms with van der Waals surface area (Å²) in [4.78, 5) is 0. The van der Waals surface area contributed by atoms with E-state index in [1.165, 1.54) is 11.1 Å². The molecule has 3 rings (SSSR count). The zero-order valence-electron chi connectivity index (χ0n) is 9.80. The first-order valence-corrected chi connectivity index (χ1v) is 6.08. The van der Waals surface area contributed by atoms with Crippen molar-refractivity contribution < 1.29 is 5.11 Å². The summed E-state index contributed by atoms with van der Waals surface area (Å²) < 4.78 is 0. The number of allylic oxidation sites excluding steroid dienone is 6. The lowest BCUT2D eigenvalue weighted by Crippen LogP contribution is -2.22. The molecule has 0 bridgehead atoms. The van der Waals surface area contributed by atoms with Crippen LogP contribution in [0.4, 0.5) is 0 Å². The molecule has 0 aromatic carbocycles. The van der Waals surface area contributed by atoms with Crippen molar-refractivity contribution in [3.05, 3.63) is 47.6 Å². The Labute approximate surface area is 96.9 Å². The second kappa shape index (κ2) is 3.46. The minimum atomic E-state index is -0.213. The Morgan fingerprint density at radius 1 is 0.812 bits per heavy atom. The van der Waals surface area contributed by atoms with Crippen LogP contribution in [0.3, 0.4) is 0 Å². The van der Waals surface area contributed by atoms with Gasteiger partial charge in [0.05, 0.1) is 6.10 Å². The molecule has 0 heterocycles. The van der Waals surface area contributed by atoms with Crippen LogP contribution in [-0.4, -0.2) is 11.2 Å². The third kappa shape index (κ3) is 1.35. The predicted octanol–water partition coefficient (Wildman–Crippen LogP) is 2.86. The molecule has 16 heavy (non-hydrogen) atoms. The topological polar surface area (TPSA) is 20.2 Å². The Balaban J connectivity index is 1.99. The maximum Gasteiger partial charge on any atom is 0.0677 e. The number of rotatable bonds is 0. The van der Waals surface area contributed by atoms with Gasteiger partial charge in [-0.15, -0.1) is 0 Å². The lowest BCUT2D eigenvalue weighted by Gasteiger charge is -2.23. The van der Waals surface area contributed by atoms with Crippen molar-refractivity contribution >= 4 is 0 Å². The Hall–Kier alpha value is -1.08. The van der Waals surface area contributed by atoms with Crippen molar-refractivity contribution in [1.29, 1.82) is 0 Å². The average molecular weight is 214 g/mol. The molecular formula is C15H18O. The van der Waals surface area contributed by atoms with Crippen molar-refractivity contribution in [2.75, 3.05) is 0 Å². The van der Waals surface area contributed by atoms with Gasteiger partial charge in [-0.3, -0.25) is 0 Å². The minimum absolute atomic E-state index is 0.213. The molecule has 0 saturated heterocycles. The van der Waals surface area contributed by atoms with Gasteiger partial charge in [0, 0.05) is 11.8 Å².